The van der Waals surface area contributed by atoms with E-state index >= 15 is 0 Å². The number of rotatable bonds is 6. The topological polar surface area (TPSA) is 70.5 Å². The summed E-state index contributed by atoms with van der Waals surface area (Å²) in [4.78, 5) is 12.1. The van der Waals surface area contributed by atoms with E-state index in [0.29, 0.717) is 22.7 Å². The third-order valence-electron chi connectivity index (χ3n) is 18.5. The maximum Gasteiger partial charge on any atom is 0.119 e. The molecule has 0 spiro atoms. The summed E-state index contributed by atoms with van der Waals surface area (Å²) in [7, 11) is 9.90. The molecule has 2 unspecified atom stereocenters. The SMILES string of the molecule is C=C[C@H]1C[N@]2CC[C@H]1C[C@@H]2[C@@H](O)c1ccnc2ccc(OC)cc12.COc1ccc2c(c1)[C@@]13CCCCC1[C@@H](C2)N(C)CC3.COc1ccc2c(c1)[C@@]13CCCCC1[C@@H](C2)N(C)CC3. The molecule has 6 bridgehead atoms. The van der Waals surface area contributed by atoms with Crippen molar-refractivity contribution < 1.29 is 19.3 Å². The molecule has 4 aromatic rings. The molecule has 0 radical (unpaired) electrons. The van der Waals surface area contributed by atoms with Gasteiger partial charge >= 0.3 is 0 Å². The smallest absolute Gasteiger partial charge is 0.119 e. The van der Waals surface area contributed by atoms with Gasteiger partial charge in [-0.05, 0) is 198 Å². The van der Waals surface area contributed by atoms with Crippen molar-refractivity contribution in [1.29, 1.82) is 0 Å². The molecule has 5 saturated heterocycles. The highest BCUT2D eigenvalue weighted by Gasteiger charge is 2.54. The van der Waals surface area contributed by atoms with E-state index < -0.39 is 6.10 Å². The van der Waals surface area contributed by atoms with Gasteiger partial charge in [-0.25, -0.2) is 0 Å². The van der Waals surface area contributed by atoms with Crippen LogP contribution in [0.3, 0.4) is 0 Å². The first-order valence-corrected chi connectivity index (χ1v) is 24.9. The number of methoxy groups -OCH3 is 3. The Morgan fingerprint density at radius 1 is 0.703 bits per heavy atom. The van der Waals surface area contributed by atoms with Crippen LogP contribution >= 0.6 is 0 Å². The van der Waals surface area contributed by atoms with Gasteiger partial charge in [0.15, 0.2) is 0 Å². The number of fused-ring (bicyclic) bond motifs is 6. The molecule has 8 heteroatoms. The van der Waals surface area contributed by atoms with Gasteiger partial charge in [0.1, 0.15) is 17.2 Å². The number of hydrogen-bond donors (Lipinski definition) is 1. The normalized spacial score (nSPS) is 33.9. The van der Waals surface area contributed by atoms with Gasteiger partial charge in [0, 0.05) is 47.1 Å². The van der Waals surface area contributed by atoms with Crippen molar-refractivity contribution in [3.63, 3.8) is 0 Å². The molecule has 9 aliphatic rings. The van der Waals surface area contributed by atoms with Crippen LogP contribution in [-0.2, 0) is 23.7 Å². The highest BCUT2D eigenvalue weighted by molar-refractivity contribution is 5.84. The first-order chi connectivity index (χ1) is 31.2. The molecule has 5 aliphatic heterocycles. The van der Waals surface area contributed by atoms with Crippen molar-refractivity contribution >= 4 is 10.9 Å². The molecule has 7 fully saturated rings. The Balaban J connectivity index is 0.000000114. The molecular weight excluding hydrogens is 793 g/mol. The Bertz CT molecular complexity index is 2220. The van der Waals surface area contributed by atoms with E-state index in [9.17, 15) is 5.11 Å². The number of benzene rings is 3. The number of likely N-dealkylation sites (N-methyl/N-ethyl adjacent to an activating group) is 2. The summed E-state index contributed by atoms with van der Waals surface area (Å²) in [6.45, 7) is 8.59. The van der Waals surface area contributed by atoms with Crippen molar-refractivity contribution in [2.24, 2.45) is 23.7 Å². The third-order valence-corrected chi connectivity index (χ3v) is 18.5. The first kappa shape index (κ1) is 43.9. The van der Waals surface area contributed by atoms with Gasteiger partial charge in [-0.2, -0.15) is 0 Å². The highest BCUT2D eigenvalue weighted by atomic mass is 16.5. The van der Waals surface area contributed by atoms with Crippen LogP contribution < -0.4 is 14.2 Å². The lowest BCUT2D eigenvalue weighted by Gasteiger charge is -2.58. The molecule has 2 saturated carbocycles. The number of hydrogen-bond acceptors (Lipinski definition) is 8. The number of ether oxygens (including phenoxy) is 3. The quantitative estimate of drug-likeness (QED) is 0.192. The zero-order valence-corrected chi connectivity index (χ0v) is 39.4. The van der Waals surface area contributed by atoms with Crippen molar-refractivity contribution in [2.75, 3.05) is 61.6 Å². The summed E-state index contributed by atoms with van der Waals surface area (Å²) in [5.41, 5.74) is 9.19. The second-order valence-corrected chi connectivity index (χ2v) is 21.0. The molecule has 4 aliphatic carbocycles. The maximum absolute atomic E-state index is 11.2. The van der Waals surface area contributed by atoms with Crippen molar-refractivity contribution in [1.82, 2.24) is 19.7 Å². The van der Waals surface area contributed by atoms with Crippen LogP contribution in [0.15, 0.2) is 79.5 Å². The molecule has 64 heavy (non-hydrogen) atoms. The van der Waals surface area contributed by atoms with Crippen LogP contribution in [0.1, 0.15) is 111 Å². The number of aliphatic hydroxyl groups is 1. The minimum Gasteiger partial charge on any atom is -0.497 e. The van der Waals surface area contributed by atoms with E-state index in [2.05, 4.69) is 82.8 Å². The van der Waals surface area contributed by atoms with Gasteiger partial charge in [-0.3, -0.25) is 9.88 Å². The Hall–Kier alpha value is -3.95. The number of aliphatic hydroxyl groups excluding tert-OH is 1. The van der Waals surface area contributed by atoms with Gasteiger partial charge in [0.25, 0.3) is 0 Å². The lowest BCUT2D eigenvalue weighted by atomic mass is 9.52. The van der Waals surface area contributed by atoms with Gasteiger partial charge in [0.05, 0.1) is 33.0 Å². The van der Waals surface area contributed by atoms with Gasteiger partial charge in [-0.15, -0.1) is 6.58 Å². The van der Waals surface area contributed by atoms with Crippen LogP contribution in [0.5, 0.6) is 17.2 Å². The predicted octanol–water partition coefficient (Wildman–Crippen LogP) is 9.94. The van der Waals surface area contributed by atoms with Gasteiger partial charge in [0.2, 0.25) is 0 Å². The monoisotopic (exact) mass is 867 g/mol. The lowest BCUT2D eigenvalue weighted by molar-refractivity contribution is -0.0444. The summed E-state index contributed by atoms with van der Waals surface area (Å²) in [5, 5.41) is 12.1. The average Bonchev–Trinajstić information content (AvgIpc) is 3.35. The molecule has 13 rings (SSSR count). The molecule has 0 amide bonds. The van der Waals surface area contributed by atoms with Crippen molar-refractivity contribution in [3.8, 4) is 17.2 Å². The highest BCUT2D eigenvalue weighted by Crippen LogP contribution is 2.57. The number of aromatic nitrogens is 1. The number of piperidine rings is 5. The predicted molar refractivity (Wildman–Crippen MR) is 258 cm³/mol. The number of pyridine rings is 1. The van der Waals surface area contributed by atoms with Crippen molar-refractivity contribution in [2.45, 2.75) is 125 Å². The Morgan fingerprint density at radius 3 is 1.80 bits per heavy atom. The molecule has 342 valence electrons. The summed E-state index contributed by atoms with van der Waals surface area (Å²) in [6, 6.07) is 23.2. The fourth-order valence-electron chi connectivity index (χ4n) is 15.0. The van der Waals surface area contributed by atoms with E-state index in [1.807, 2.05) is 24.3 Å². The fraction of sp³-hybridized carbons (Fsp3) is 0.589. The Labute approximate surface area is 383 Å². The molecule has 6 heterocycles. The minimum absolute atomic E-state index is 0.178. The molecule has 8 nitrogen and oxygen atoms in total. The molecule has 1 N–H and O–H groups in total. The van der Waals surface area contributed by atoms with Crippen LogP contribution in [0.2, 0.25) is 0 Å². The largest absolute Gasteiger partial charge is 0.497 e. The Kier molecular flexibility index (Phi) is 12.4. The average molecular weight is 867 g/mol. The maximum atomic E-state index is 11.2. The molecule has 3 aromatic carbocycles. The fourth-order valence-corrected chi connectivity index (χ4v) is 15.0. The van der Waals surface area contributed by atoms with Gasteiger partial charge in [-0.1, -0.05) is 43.9 Å². The number of likely N-dealkylation sites (tertiary alicyclic amines) is 2. The van der Waals surface area contributed by atoms with Crippen LogP contribution in [-0.4, -0.2) is 105 Å². The summed E-state index contributed by atoms with van der Waals surface area (Å²) >= 11 is 0. The minimum atomic E-state index is -0.504. The molecule has 1 aromatic heterocycles. The molecule has 11 atom stereocenters. The van der Waals surface area contributed by atoms with Crippen molar-refractivity contribution in [3.05, 3.63) is 107 Å². The van der Waals surface area contributed by atoms with Crippen LogP contribution in [0.25, 0.3) is 10.9 Å². The first-order valence-electron chi connectivity index (χ1n) is 24.9. The van der Waals surface area contributed by atoms with Crippen LogP contribution in [0, 0.1) is 23.7 Å². The second-order valence-electron chi connectivity index (χ2n) is 21.0. The summed E-state index contributed by atoms with van der Waals surface area (Å²) in [5.74, 6) is 5.83. The Morgan fingerprint density at radius 2 is 1.27 bits per heavy atom. The zero-order valence-electron chi connectivity index (χ0n) is 39.4. The van der Waals surface area contributed by atoms with E-state index in [4.69, 9.17) is 14.2 Å². The number of nitrogens with zero attached hydrogens (tertiary/aromatic N) is 4. The van der Waals surface area contributed by atoms with Crippen LogP contribution in [0.4, 0.5) is 0 Å². The van der Waals surface area contributed by atoms with Gasteiger partial charge < -0.3 is 29.1 Å². The summed E-state index contributed by atoms with van der Waals surface area (Å²) < 4.78 is 16.4. The van der Waals surface area contributed by atoms with E-state index in [-0.39, 0.29) is 6.04 Å². The standard InChI is InChI=1S/C20H24N2O2.2C18H25NO/c1-3-13-12-22-9-7-14(13)10-19(22)20(23)16-6-8-21-18-5-4-15(24-2)11-17(16)18;2*1-19-10-9-18-8-4-3-5-15(18)17(19)11-13-6-7-14(20-2)12-16(13)18/h3-6,8,11,13-14,19-20,23H,1,7,9-10,12H2,2H3;2*6-7,12,15,17H,3-5,8-11H2,1-2H3/t13-,14-,19+,20-;2*15?,17-,18-/m011/s1. The zero-order chi connectivity index (χ0) is 44.2. The van der Waals surface area contributed by atoms with E-state index in [1.54, 1.807) is 49.8 Å². The van der Waals surface area contributed by atoms with E-state index in [0.717, 1.165) is 77.1 Å². The van der Waals surface area contributed by atoms with E-state index in [1.165, 1.54) is 96.6 Å². The third kappa shape index (κ3) is 7.56. The molecular formula is C56H74N4O4. The second kappa shape index (κ2) is 18.0. The lowest BCUT2D eigenvalue weighted by Crippen LogP contribution is -2.59. The summed E-state index contributed by atoms with van der Waals surface area (Å²) in [6.07, 6.45) is 22.1.